The highest BCUT2D eigenvalue weighted by molar-refractivity contribution is 5.91. The number of nitrogens with zero attached hydrogens (tertiary/aromatic N) is 1. The molecule has 0 unspecified atom stereocenters. The first-order valence-corrected chi connectivity index (χ1v) is 8.31. The van der Waals surface area contributed by atoms with E-state index in [9.17, 15) is 18.8 Å². The molecule has 0 saturated heterocycles. The summed E-state index contributed by atoms with van der Waals surface area (Å²) in [4.78, 5) is 35.4. The van der Waals surface area contributed by atoms with Crippen molar-refractivity contribution in [2.75, 3.05) is 0 Å². The average molecular weight is 362 g/mol. The number of unbranched alkanes of at least 4 members (excludes halogenated alkanes) is 2. The Morgan fingerprint density at radius 3 is 2.35 bits per heavy atom. The van der Waals surface area contributed by atoms with Crippen molar-refractivity contribution in [2.45, 2.75) is 51.1 Å². The maximum Gasteiger partial charge on any atom is 0.243 e. The standard InChI is InChI=1S/C18H23FN4O3/c1-12(24)22-16(11-13-6-8-14(19)9-7-13)18(26)23-15(17(21)25)5-3-2-4-10-20/h6-9,15-16H,2-5,11H2,1H3,(H2,21,25)(H,22,24)(H,23,26)/t15-,16+/m1/s1. The third-order valence-electron chi connectivity index (χ3n) is 3.74. The molecule has 1 rings (SSSR count). The van der Waals surface area contributed by atoms with Crippen molar-refractivity contribution in [2.24, 2.45) is 5.73 Å². The zero-order valence-electron chi connectivity index (χ0n) is 14.6. The maximum atomic E-state index is 13.0. The fourth-order valence-corrected chi connectivity index (χ4v) is 2.42. The Bertz CT molecular complexity index is 670. The number of carbonyl (C=O) groups excluding carboxylic acids is 3. The summed E-state index contributed by atoms with van der Waals surface area (Å²) >= 11 is 0. The van der Waals surface area contributed by atoms with Gasteiger partial charge in [-0.15, -0.1) is 0 Å². The number of nitriles is 1. The van der Waals surface area contributed by atoms with Gasteiger partial charge >= 0.3 is 0 Å². The van der Waals surface area contributed by atoms with Crippen LogP contribution < -0.4 is 16.4 Å². The largest absolute Gasteiger partial charge is 0.368 e. The minimum atomic E-state index is -0.918. The molecule has 0 aliphatic carbocycles. The highest BCUT2D eigenvalue weighted by atomic mass is 19.1. The normalized spacial score (nSPS) is 12.5. The first-order valence-electron chi connectivity index (χ1n) is 8.31. The molecule has 4 N–H and O–H groups in total. The van der Waals surface area contributed by atoms with Crippen molar-refractivity contribution in [3.05, 3.63) is 35.6 Å². The van der Waals surface area contributed by atoms with E-state index in [0.29, 0.717) is 31.2 Å². The summed E-state index contributed by atoms with van der Waals surface area (Å²) in [5.74, 6) is -2.04. The Labute approximate surface area is 151 Å². The maximum absolute atomic E-state index is 13.0. The van der Waals surface area contributed by atoms with Crippen LogP contribution in [0.5, 0.6) is 0 Å². The van der Waals surface area contributed by atoms with E-state index in [2.05, 4.69) is 10.6 Å². The molecule has 0 radical (unpaired) electrons. The minimum absolute atomic E-state index is 0.144. The van der Waals surface area contributed by atoms with Gasteiger partial charge in [0.2, 0.25) is 17.7 Å². The summed E-state index contributed by atoms with van der Waals surface area (Å²) in [6.45, 7) is 1.28. The van der Waals surface area contributed by atoms with Crippen LogP contribution in [-0.4, -0.2) is 29.8 Å². The Morgan fingerprint density at radius 2 is 1.81 bits per heavy atom. The van der Waals surface area contributed by atoms with Gasteiger partial charge in [-0.1, -0.05) is 12.1 Å². The number of halogens is 1. The lowest BCUT2D eigenvalue weighted by molar-refractivity contribution is -0.130. The molecular formula is C18H23FN4O3. The van der Waals surface area contributed by atoms with Gasteiger partial charge in [-0.3, -0.25) is 14.4 Å². The minimum Gasteiger partial charge on any atom is -0.368 e. The second-order valence-electron chi connectivity index (χ2n) is 5.95. The molecule has 0 aromatic heterocycles. The van der Waals surface area contributed by atoms with Crippen LogP contribution in [0.3, 0.4) is 0 Å². The van der Waals surface area contributed by atoms with Gasteiger partial charge in [0.1, 0.15) is 17.9 Å². The van der Waals surface area contributed by atoms with Crippen LogP contribution in [0.4, 0.5) is 4.39 Å². The predicted octanol–water partition coefficient (Wildman–Crippen LogP) is 0.927. The van der Waals surface area contributed by atoms with Crippen molar-refractivity contribution >= 4 is 17.7 Å². The number of rotatable bonds is 10. The zero-order valence-corrected chi connectivity index (χ0v) is 14.6. The Balaban J connectivity index is 2.76. The molecule has 0 saturated carbocycles. The molecule has 2 atom stereocenters. The summed E-state index contributed by atoms with van der Waals surface area (Å²) in [5.41, 5.74) is 5.98. The van der Waals surface area contributed by atoms with Crippen LogP contribution in [-0.2, 0) is 20.8 Å². The molecular weight excluding hydrogens is 339 g/mol. The van der Waals surface area contributed by atoms with Crippen LogP contribution in [0.15, 0.2) is 24.3 Å². The fourth-order valence-electron chi connectivity index (χ4n) is 2.42. The predicted molar refractivity (Wildman–Crippen MR) is 92.9 cm³/mol. The second kappa shape index (κ2) is 10.8. The molecule has 0 fully saturated rings. The van der Waals surface area contributed by atoms with Crippen molar-refractivity contribution in [3.8, 4) is 6.07 Å². The van der Waals surface area contributed by atoms with Gasteiger partial charge < -0.3 is 16.4 Å². The van der Waals surface area contributed by atoms with Gasteiger partial charge in [0.05, 0.1) is 6.07 Å². The lowest BCUT2D eigenvalue weighted by Crippen LogP contribution is -2.53. The van der Waals surface area contributed by atoms with Gasteiger partial charge in [-0.05, 0) is 37.0 Å². The summed E-state index contributed by atoms with van der Waals surface area (Å²) in [6, 6.07) is 5.77. The van der Waals surface area contributed by atoms with Crippen molar-refractivity contribution in [1.29, 1.82) is 5.26 Å². The average Bonchev–Trinajstić information content (AvgIpc) is 2.58. The molecule has 7 nitrogen and oxygen atoms in total. The molecule has 0 bridgehead atoms. The first kappa shape index (κ1) is 21.1. The van der Waals surface area contributed by atoms with Gasteiger partial charge in [-0.25, -0.2) is 4.39 Å². The van der Waals surface area contributed by atoms with E-state index in [1.807, 2.05) is 6.07 Å². The monoisotopic (exact) mass is 362 g/mol. The highest BCUT2D eigenvalue weighted by Gasteiger charge is 2.25. The smallest absolute Gasteiger partial charge is 0.243 e. The van der Waals surface area contributed by atoms with Crippen molar-refractivity contribution in [1.82, 2.24) is 10.6 Å². The van der Waals surface area contributed by atoms with Gasteiger partial charge in [-0.2, -0.15) is 5.26 Å². The van der Waals surface area contributed by atoms with Crippen LogP contribution in [0, 0.1) is 17.1 Å². The molecule has 0 aliphatic heterocycles. The molecule has 8 heteroatoms. The Morgan fingerprint density at radius 1 is 1.15 bits per heavy atom. The number of nitrogens with two attached hydrogens (primary N) is 1. The lowest BCUT2D eigenvalue weighted by Gasteiger charge is -2.21. The second-order valence-corrected chi connectivity index (χ2v) is 5.95. The van der Waals surface area contributed by atoms with E-state index in [1.54, 1.807) is 0 Å². The SMILES string of the molecule is CC(=O)N[C@@H](Cc1ccc(F)cc1)C(=O)N[C@H](CCCCC#N)C(N)=O. The molecule has 3 amide bonds. The molecule has 1 aromatic carbocycles. The first-order chi connectivity index (χ1) is 12.3. The summed E-state index contributed by atoms with van der Waals surface area (Å²) in [5, 5.41) is 13.6. The van der Waals surface area contributed by atoms with Crippen molar-refractivity contribution in [3.63, 3.8) is 0 Å². The number of hydrogen-bond acceptors (Lipinski definition) is 4. The number of amides is 3. The molecule has 0 heterocycles. The van der Waals surface area contributed by atoms with E-state index < -0.39 is 35.6 Å². The van der Waals surface area contributed by atoms with Gasteiger partial charge in [0, 0.05) is 19.8 Å². The summed E-state index contributed by atoms with van der Waals surface area (Å²) in [6.07, 6.45) is 1.97. The third-order valence-corrected chi connectivity index (χ3v) is 3.74. The van der Waals surface area contributed by atoms with E-state index in [4.69, 9.17) is 11.0 Å². The van der Waals surface area contributed by atoms with E-state index in [1.165, 1.54) is 31.2 Å². The number of benzene rings is 1. The van der Waals surface area contributed by atoms with Gasteiger partial charge in [0.25, 0.3) is 0 Å². The quantitative estimate of drug-likeness (QED) is 0.535. The van der Waals surface area contributed by atoms with E-state index in [0.717, 1.165) is 0 Å². The van der Waals surface area contributed by atoms with Crippen LogP contribution in [0.1, 0.15) is 38.2 Å². The zero-order chi connectivity index (χ0) is 19.5. The molecule has 1 aromatic rings. The number of primary amides is 1. The van der Waals surface area contributed by atoms with Crippen LogP contribution >= 0.6 is 0 Å². The van der Waals surface area contributed by atoms with E-state index >= 15 is 0 Å². The van der Waals surface area contributed by atoms with Crippen molar-refractivity contribution < 1.29 is 18.8 Å². The highest BCUT2D eigenvalue weighted by Crippen LogP contribution is 2.08. The summed E-state index contributed by atoms with van der Waals surface area (Å²) in [7, 11) is 0. The van der Waals surface area contributed by atoms with Crippen LogP contribution in [0.2, 0.25) is 0 Å². The topological polar surface area (TPSA) is 125 Å². The number of carbonyl (C=O) groups is 3. The Hall–Kier alpha value is -2.95. The van der Waals surface area contributed by atoms with Crippen LogP contribution in [0.25, 0.3) is 0 Å². The summed E-state index contributed by atoms with van der Waals surface area (Å²) < 4.78 is 13.0. The lowest BCUT2D eigenvalue weighted by atomic mass is 10.0. The molecule has 26 heavy (non-hydrogen) atoms. The van der Waals surface area contributed by atoms with Gasteiger partial charge in [0.15, 0.2) is 0 Å². The molecule has 140 valence electrons. The molecule has 0 spiro atoms. The number of hydrogen-bond donors (Lipinski definition) is 3. The number of nitrogens with one attached hydrogen (secondary N) is 2. The molecule has 0 aliphatic rings. The fraction of sp³-hybridized carbons (Fsp3) is 0.444. The van der Waals surface area contributed by atoms with E-state index in [-0.39, 0.29) is 6.42 Å². The Kier molecular flexibility index (Phi) is 8.78. The third kappa shape index (κ3) is 7.75.